The third-order valence-corrected chi connectivity index (χ3v) is 6.16. The molecular formula is C19H24N2O4S2. The van der Waals surface area contributed by atoms with E-state index in [1.54, 1.807) is 5.41 Å². The molecule has 2 atom stereocenters. The van der Waals surface area contributed by atoms with Crippen molar-refractivity contribution in [2.24, 2.45) is 5.92 Å². The van der Waals surface area contributed by atoms with Crippen LogP contribution in [-0.2, 0) is 25.5 Å². The molecule has 2 unspecified atom stereocenters. The van der Waals surface area contributed by atoms with Gasteiger partial charge in [0.1, 0.15) is 0 Å². The van der Waals surface area contributed by atoms with Gasteiger partial charge in [-0.3, -0.25) is 14.4 Å². The molecule has 0 saturated carbocycles. The maximum absolute atomic E-state index is 13.0. The van der Waals surface area contributed by atoms with Gasteiger partial charge >= 0.3 is 5.97 Å². The molecule has 0 radical (unpaired) electrons. The predicted octanol–water partition coefficient (Wildman–Crippen LogP) is 3.00. The minimum atomic E-state index is -0.766. The number of hydrogen-bond donors (Lipinski definition) is 2. The van der Waals surface area contributed by atoms with Crippen LogP contribution in [0.4, 0.5) is 0 Å². The Morgan fingerprint density at radius 2 is 1.96 bits per heavy atom. The zero-order valence-electron chi connectivity index (χ0n) is 15.6. The summed E-state index contributed by atoms with van der Waals surface area (Å²) < 4.78 is 5.08. The summed E-state index contributed by atoms with van der Waals surface area (Å²) in [6, 6.07) is 9.73. The maximum atomic E-state index is 13.0. The van der Waals surface area contributed by atoms with Crippen LogP contribution >= 0.6 is 23.5 Å². The highest BCUT2D eigenvalue weighted by atomic mass is 32.2. The van der Waals surface area contributed by atoms with Gasteiger partial charge in [0.2, 0.25) is 11.8 Å². The van der Waals surface area contributed by atoms with Gasteiger partial charge in [-0.1, -0.05) is 60.8 Å². The zero-order chi connectivity index (χ0) is 19.9. The van der Waals surface area contributed by atoms with Gasteiger partial charge in [0.05, 0.1) is 5.92 Å². The van der Waals surface area contributed by atoms with Crippen LogP contribution < -0.4 is 10.6 Å². The molecule has 1 aliphatic heterocycles. The number of benzene rings is 1. The Morgan fingerprint density at radius 3 is 2.56 bits per heavy atom. The molecule has 0 aromatic heterocycles. The first-order valence-electron chi connectivity index (χ1n) is 8.67. The number of nitrogens with one attached hydrogen (secondary N) is 2. The average molecular weight is 409 g/mol. The van der Waals surface area contributed by atoms with Gasteiger partial charge in [-0.05, 0) is 18.4 Å². The van der Waals surface area contributed by atoms with Crippen molar-refractivity contribution in [2.45, 2.75) is 38.6 Å². The first-order valence-corrected chi connectivity index (χ1v) is 10.5. The van der Waals surface area contributed by atoms with Gasteiger partial charge in [-0.15, -0.1) is 0 Å². The van der Waals surface area contributed by atoms with Gasteiger partial charge < -0.3 is 15.4 Å². The van der Waals surface area contributed by atoms with Crippen LogP contribution in [0, 0.1) is 5.92 Å². The van der Waals surface area contributed by atoms with Crippen LogP contribution in [0.25, 0.3) is 0 Å². The largest absolute Gasteiger partial charge is 0.409 e. The van der Waals surface area contributed by atoms with E-state index in [4.69, 9.17) is 4.74 Å². The van der Waals surface area contributed by atoms with Crippen molar-refractivity contribution in [3.8, 4) is 0 Å². The number of carbonyl (C=O) groups is 3. The standard InChI is InChI=1S/C19H24N2O4S2/c1-4-19(20-17(12-27-19)25-13(2)22)21-18(24)16(11-26-14(3)23)10-15-8-6-5-7-9-15/h5-9,12,16,20H,4,10-11H2,1-3H3,(H,21,24). The molecule has 27 heavy (non-hydrogen) atoms. The van der Waals surface area contributed by atoms with Crippen molar-refractivity contribution in [2.75, 3.05) is 5.75 Å². The zero-order valence-corrected chi connectivity index (χ0v) is 17.2. The van der Waals surface area contributed by atoms with E-state index in [1.807, 2.05) is 37.3 Å². The Kier molecular flexibility index (Phi) is 7.79. The highest BCUT2D eigenvalue weighted by Crippen LogP contribution is 2.33. The van der Waals surface area contributed by atoms with Crippen molar-refractivity contribution in [3.05, 3.63) is 47.2 Å². The van der Waals surface area contributed by atoms with Gasteiger partial charge in [0.15, 0.2) is 10.1 Å². The third-order valence-electron chi connectivity index (χ3n) is 3.95. The topological polar surface area (TPSA) is 84.5 Å². The van der Waals surface area contributed by atoms with Gasteiger partial charge in [-0.2, -0.15) is 0 Å². The van der Waals surface area contributed by atoms with E-state index in [-0.39, 0.29) is 16.9 Å². The second kappa shape index (κ2) is 9.85. The Hall–Kier alpha value is -1.93. The molecule has 1 amide bonds. The number of ether oxygens (including phenoxy) is 1. The number of amides is 1. The molecule has 2 rings (SSSR count). The first kappa shape index (κ1) is 21.4. The monoisotopic (exact) mass is 408 g/mol. The summed E-state index contributed by atoms with van der Waals surface area (Å²) in [7, 11) is 0. The summed E-state index contributed by atoms with van der Waals surface area (Å²) in [4.78, 5) is 34.8. The van der Waals surface area contributed by atoms with Crippen molar-refractivity contribution in [3.63, 3.8) is 0 Å². The summed E-state index contributed by atoms with van der Waals surface area (Å²) in [5.41, 5.74) is 1.04. The minimum absolute atomic E-state index is 0.0155. The lowest BCUT2D eigenvalue weighted by molar-refractivity contribution is -0.137. The van der Waals surface area contributed by atoms with Crippen molar-refractivity contribution >= 4 is 40.5 Å². The first-order chi connectivity index (χ1) is 12.8. The van der Waals surface area contributed by atoms with E-state index < -0.39 is 11.0 Å². The second-order valence-electron chi connectivity index (χ2n) is 6.18. The maximum Gasteiger partial charge on any atom is 0.309 e. The van der Waals surface area contributed by atoms with Crippen LogP contribution in [0.5, 0.6) is 0 Å². The van der Waals surface area contributed by atoms with E-state index in [2.05, 4.69) is 10.6 Å². The molecule has 0 saturated heterocycles. The lowest BCUT2D eigenvalue weighted by Gasteiger charge is -2.31. The van der Waals surface area contributed by atoms with E-state index in [9.17, 15) is 14.4 Å². The van der Waals surface area contributed by atoms with Crippen LogP contribution in [0.2, 0.25) is 0 Å². The van der Waals surface area contributed by atoms with Crippen LogP contribution in [0.1, 0.15) is 32.8 Å². The van der Waals surface area contributed by atoms with Gasteiger partial charge in [0, 0.05) is 25.0 Å². The third kappa shape index (κ3) is 6.62. The summed E-state index contributed by atoms with van der Waals surface area (Å²) in [6.45, 7) is 4.76. The van der Waals surface area contributed by atoms with E-state index in [0.29, 0.717) is 24.5 Å². The van der Waals surface area contributed by atoms with Crippen LogP contribution in [-0.4, -0.2) is 27.7 Å². The molecule has 146 valence electrons. The number of hydrogen-bond acceptors (Lipinski definition) is 7. The van der Waals surface area contributed by atoms with Crippen LogP contribution in [0.3, 0.4) is 0 Å². The van der Waals surface area contributed by atoms with Gasteiger partial charge in [0.25, 0.3) is 0 Å². The quantitative estimate of drug-likeness (QED) is 0.640. The molecule has 0 spiro atoms. The van der Waals surface area contributed by atoms with Gasteiger partial charge in [-0.25, -0.2) is 0 Å². The molecule has 2 N–H and O–H groups in total. The number of esters is 1. The average Bonchev–Trinajstić information content (AvgIpc) is 3.01. The minimum Gasteiger partial charge on any atom is -0.409 e. The Morgan fingerprint density at radius 1 is 1.26 bits per heavy atom. The highest BCUT2D eigenvalue weighted by Gasteiger charge is 2.38. The number of thioether (sulfide) groups is 2. The Balaban J connectivity index is 2.07. The van der Waals surface area contributed by atoms with Crippen LogP contribution in [0.15, 0.2) is 41.6 Å². The van der Waals surface area contributed by atoms with Crippen molar-refractivity contribution in [1.82, 2.24) is 10.6 Å². The summed E-state index contributed by atoms with van der Waals surface area (Å²) in [6.07, 6.45) is 1.13. The lowest BCUT2D eigenvalue weighted by Crippen LogP contribution is -2.55. The molecule has 1 aromatic carbocycles. The van der Waals surface area contributed by atoms with E-state index in [0.717, 1.165) is 17.3 Å². The van der Waals surface area contributed by atoms with Crippen molar-refractivity contribution in [1.29, 1.82) is 0 Å². The second-order valence-corrected chi connectivity index (χ2v) is 8.54. The molecule has 1 heterocycles. The predicted molar refractivity (Wildman–Crippen MR) is 109 cm³/mol. The number of rotatable bonds is 8. The normalized spacial score (nSPS) is 19.6. The SMILES string of the molecule is CCC1(NC(=O)C(CSC(C)=O)Cc2ccccc2)NC(OC(C)=O)=CS1. The van der Waals surface area contributed by atoms with E-state index >= 15 is 0 Å². The smallest absolute Gasteiger partial charge is 0.309 e. The fraction of sp³-hybridized carbons (Fsp3) is 0.421. The summed E-state index contributed by atoms with van der Waals surface area (Å²) in [5, 5.41) is 7.78. The summed E-state index contributed by atoms with van der Waals surface area (Å²) in [5.74, 6) is -0.193. The Labute approximate surface area is 167 Å². The molecule has 8 heteroatoms. The molecular weight excluding hydrogens is 384 g/mol. The molecule has 6 nitrogen and oxygen atoms in total. The highest BCUT2D eigenvalue weighted by molar-refractivity contribution is 8.13. The Bertz CT molecular complexity index is 724. The molecule has 1 aromatic rings. The van der Waals surface area contributed by atoms with E-state index in [1.165, 1.54) is 25.6 Å². The molecule has 0 bridgehead atoms. The molecule has 0 fully saturated rings. The molecule has 0 aliphatic carbocycles. The summed E-state index contributed by atoms with van der Waals surface area (Å²) >= 11 is 2.51. The van der Waals surface area contributed by atoms with Crippen molar-refractivity contribution < 1.29 is 19.1 Å². The molecule has 1 aliphatic rings. The number of carbonyl (C=O) groups excluding carboxylic acids is 3. The fourth-order valence-corrected chi connectivity index (χ4v) is 4.19. The fourth-order valence-electron chi connectivity index (χ4n) is 2.58. The lowest BCUT2D eigenvalue weighted by atomic mass is 10.00.